The number of ether oxygens (including phenoxy) is 1. The predicted octanol–water partition coefficient (Wildman–Crippen LogP) is 1.99. The quantitative estimate of drug-likeness (QED) is 0.824. The largest absolute Gasteiger partial charge is 0.459 e. The Morgan fingerprint density at radius 3 is 2.62 bits per heavy atom. The van der Waals surface area contributed by atoms with Gasteiger partial charge in [0.25, 0.3) is 0 Å². The second-order valence-corrected chi connectivity index (χ2v) is 7.63. The van der Waals surface area contributed by atoms with Crippen molar-refractivity contribution in [1.82, 2.24) is 14.3 Å². The molecule has 1 unspecified atom stereocenters. The highest BCUT2D eigenvalue weighted by Gasteiger charge is 2.30. The minimum Gasteiger partial charge on any atom is -0.459 e. The van der Waals surface area contributed by atoms with Crippen molar-refractivity contribution < 1.29 is 17.5 Å². The predicted molar refractivity (Wildman–Crippen MR) is 86.3 cm³/mol. The highest BCUT2D eigenvalue weighted by molar-refractivity contribution is 7.88. The molecule has 0 amide bonds. The van der Waals surface area contributed by atoms with Crippen LogP contribution in [0.3, 0.4) is 0 Å². The first-order valence-corrected chi connectivity index (χ1v) is 9.30. The fraction of sp³-hybridized carbons (Fsp3) is 0.375. The van der Waals surface area contributed by atoms with Gasteiger partial charge in [0.1, 0.15) is 6.10 Å². The molecule has 1 aromatic heterocycles. The van der Waals surface area contributed by atoms with Crippen molar-refractivity contribution in [2.75, 3.05) is 13.1 Å². The second-order valence-electron chi connectivity index (χ2n) is 5.67. The maximum Gasteiger partial charge on any atom is 0.316 e. The molecule has 6 nitrogen and oxygen atoms in total. The van der Waals surface area contributed by atoms with Crippen LogP contribution in [0.1, 0.15) is 18.4 Å². The molecule has 8 heteroatoms. The minimum atomic E-state index is -3.42. The van der Waals surface area contributed by atoms with E-state index < -0.39 is 15.8 Å². The van der Waals surface area contributed by atoms with Crippen LogP contribution in [0.5, 0.6) is 6.01 Å². The lowest BCUT2D eigenvalue weighted by Crippen LogP contribution is -2.44. The van der Waals surface area contributed by atoms with Crippen LogP contribution in [-0.4, -0.2) is 41.9 Å². The maximum absolute atomic E-state index is 12.8. The van der Waals surface area contributed by atoms with E-state index >= 15 is 0 Å². The van der Waals surface area contributed by atoms with E-state index in [-0.39, 0.29) is 24.4 Å². The molecule has 24 heavy (non-hydrogen) atoms. The van der Waals surface area contributed by atoms with Crippen molar-refractivity contribution in [3.8, 4) is 6.01 Å². The summed E-state index contributed by atoms with van der Waals surface area (Å²) in [6, 6.07) is 9.13. The number of benzene rings is 1. The van der Waals surface area contributed by atoms with Gasteiger partial charge in [-0.25, -0.2) is 22.8 Å². The molecule has 2 aromatic rings. The van der Waals surface area contributed by atoms with Gasteiger partial charge in [-0.1, -0.05) is 30.3 Å². The maximum atomic E-state index is 12.8. The lowest BCUT2D eigenvalue weighted by molar-refractivity contribution is 0.119. The van der Waals surface area contributed by atoms with Crippen LogP contribution >= 0.6 is 0 Å². The van der Waals surface area contributed by atoms with Crippen molar-refractivity contribution in [1.29, 1.82) is 0 Å². The van der Waals surface area contributed by atoms with E-state index in [0.717, 1.165) is 18.0 Å². The summed E-state index contributed by atoms with van der Waals surface area (Å²) in [5.74, 6) is -0.578. The zero-order valence-corrected chi connectivity index (χ0v) is 13.8. The molecular weight excluding hydrogens is 333 g/mol. The molecule has 0 radical (unpaired) electrons. The Labute approximate surface area is 140 Å². The summed E-state index contributed by atoms with van der Waals surface area (Å²) in [4.78, 5) is 7.50. The fourth-order valence-corrected chi connectivity index (χ4v) is 4.24. The topological polar surface area (TPSA) is 72.4 Å². The highest BCUT2D eigenvalue weighted by Crippen LogP contribution is 2.20. The van der Waals surface area contributed by atoms with E-state index in [4.69, 9.17) is 4.74 Å². The summed E-state index contributed by atoms with van der Waals surface area (Å²) in [7, 11) is -3.42. The van der Waals surface area contributed by atoms with Gasteiger partial charge in [0, 0.05) is 6.54 Å². The van der Waals surface area contributed by atoms with Crippen molar-refractivity contribution in [3.05, 3.63) is 54.1 Å². The van der Waals surface area contributed by atoms with Gasteiger partial charge in [0.15, 0.2) is 5.82 Å². The number of hydrogen-bond acceptors (Lipinski definition) is 5. The molecule has 1 aliphatic heterocycles. The van der Waals surface area contributed by atoms with Crippen molar-refractivity contribution in [2.24, 2.45) is 0 Å². The summed E-state index contributed by atoms with van der Waals surface area (Å²) < 4.78 is 45.0. The third-order valence-electron chi connectivity index (χ3n) is 3.79. The smallest absolute Gasteiger partial charge is 0.316 e. The van der Waals surface area contributed by atoms with E-state index in [9.17, 15) is 12.8 Å². The van der Waals surface area contributed by atoms with Gasteiger partial charge in [-0.15, -0.1) is 0 Å². The molecule has 1 atom stereocenters. The number of halogens is 1. The average molecular weight is 351 g/mol. The van der Waals surface area contributed by atoms with Crippen LogP contribution in [0.2, 0.25) is 0 Å². The molecule has 1 fully saturated rings. The van der Waals surface area contributed by atoms with Gasteiger partial charge < -0.3 is 4.74 Å². The molecule has 0 spiro atoms. The number of nitrogens with zero attached hydrogens (tertiary/aromatic N) is 3. The van der Waals surface area contributed by atoms with Gasteiger partial charge in [-0.3, -0.25) is 0 Å². The van der Waals surface area contributed by atoms with Crippen LogP contribution in [0, 0.1) is 5.82 Å². The van der Waals surface area contributed by atoms with Crippen LogP contribution < -0.4 is 4.74 Å². The lowest BCUT2D eigenvalue weighted by atomic mass is 10.1. The van der Waals surface area contributed by atoms with Crippen molar-refractivity contribution in [2.45, 2.75) is 24.7 Å². The summed E-state index contributed by atoms with van der Waals surface area (Å²) in [6.07, 6.45) is 3.11. The Kier molecular flexibility index (Phi) is 5.06. The van der Waals surface area contributed by atoms with E-state index in [2.05, 4.69) is 9.97 Å². The SMILES string of the molecule is O=S(=O)(Cc1ccccc1)N1CCCC(Oc2ncc(F)cn2)C1. The van der Waals surface area contributed by atoms with Gasteiger partial charge >= 0.3 is 6.01 Å². The summed E-state index contributed by atoms with van der Waals surface area (Å²) in [5.41, 5.74) is 0.752. The minimum absolute atomic E-state index is 0.0341. The molecule has 1 aliphatic rings. The molecule has 3 rings (SSSR count). The fourth-order valence-electron chi connectivity index (χ4n) is 2.64. The third kappa shape index (κ3) is 4.27. The lowest BCUT2D eigenvalue weighted by Gasteiger charge is -2.31. The van der Waals surface area contributed by atoms with E-state index in [0.29, 0.717) is 19.4 Å². The van der Waals surface area contributed by atoms with Crippen LogP contribution in [0.4, 0.5) is 4.39 Å². The zero-order chi connectivity index (χ0) is 17.0. The molecule has 1 saturated heterocycles. The van der Waals surface area contributed by atoms with E-state index in [1.807, 2.05) is 18.2 Å². The number of aromatic nitrogens is 2. The number of hydrogen-bond donors (Lipinski definition) is 0. The van der Waals surface area contributed by atoms with Crippen LogP contribution in [0.15, 0.2) is 42.7 Å². The molecule has 128 valence electrons. The first-order valence-electron chi connectivity index (χ1n) is 7.69. The molecular formula is C16H18FN3O3S. The van der Waals surface area contributed by atoms with Crippen molar-refractivity contribution >= 4 is 10.0 Å². The molecule has 0 aliphatic carbocycles. The van der Waals surface area contributed by atoms with Crippen LogP contribution in [0.25, 0.3) is 0 Å². The monoisotopic (exact) mass is 351 g/mol. The second kappa shape index (κ2) is 7.23. The van der Waals surface area contributed by atoms with Gasteiger partial charge in [-0.2, -0.15) is 4.31 Å². The third-order valence-corrected chi connectivity index (χ3v) is 5.61. The number of rotatable bonds is 5. The zero-order valence-electron chi connectivity index (χ0n) is 13.0. The standard InChI is InChI=1S/C16H18FN3O3S/c17-14-9-18-16(19-10-14)23-15-7-4-8-20(11-15)24(21,22)12-13-5-2-1-3-6-13/h1-3,5-6,9-10,15H,4,7-8,11-12H2. The van der Waals surface area contributed by atoms with Crippen LogP contribution in [-0.2, 0) is 15.8 Å². The molecule has 1 aromatic carbocycles. The Balaban J connectivity index is 1.65. The number of sulfonamides is 1. The van der Waals surface area contributed by atoms with Gasteiger partial charge in [-0.05, 0) is 18.4 Å². The van der Waals surface area contributed by atoms with Gasteiger partial charge in [0.2, 0.25) is 10.0 Å². The van der Waals surface area contributed by atoms with Gasteiger partial charge in [0.05, 0.1) is 24.7 Å². The summed E-state index contributed by atoms with van der Waals surface area (Å²) >= 11 is 0. The molecule has 0 saturated carbocycles. The Bertz CT molecular complexity index is 769. The first-order chi connectivity index (χ1) is 11.5. The Morgan fingerprint density at radius 1 is 1.21 bits per heavy atom. The van der Waals surface area contributed by atoms with E-state index in [1.165, 1.54) is 4.31 Å². The Morgan fingerprint density at radius 2 is 1.92 bits per heavy atom. The van der Waals surface area contributed by atoms with E-state index in [1.54, 1.807) is 12.1 Å². The van der Waals surface area contributed by atoms with Crippen molar-refractivity contribution in [3.63, 3.8) is 0 Å². The highest BCUT2D eigenvalue weighted by atomic mass is 32.2. The molecule has 0 bridgehead atoms. The molecule has 0 N–H and O–H groups in total. The normalized spacial score (nSPS) is 19.1. The number of piperidine rings is 1. The Hall–Kier alpha value is -2.06. The first kappa shape index (κ1) is 16.8. The summed E-state index contributed by atoms with van der Waals surface area (Å²) in [5, 5.41) is 0. The summed E-state index contributed by atoms with van der Waals surface area (Å²) in [6.45, 7) is 0.717. The molecule has 2 heterocycles. The average Bonchev–Trinajstić information content (AvgIpc) is 2.58.